The van der Waals surface area contributed by atoms with Crippen LogP contribution in [0.15, 0.2) is 36.4 Å². The monoisotopic (exact) mass is 375 g/mol. The lowest BCUT2D eigenvalue weighted by Crippen LogP contribution is -2.15. The standard InChI is InChI=1S/C15H11F6N5/c1-8(9-3-2-4-10(7-9)14(16,17)18)22-11-5-6-12-23-24-13(15(19,20)21)26(12)25-11/h2-8H,1H3,(H,22,25). The van der Waals surface area contributed by atoms with Gasteiger partial charge in [-0.3, -0.25) is 0 Å². The Morgan fingerprint density at radius 2 is 1.69 bits per heavy atom. The quantitative estimate of drug-likeness (QED) is 0.692. The number of rotatable bonds is 3. The van der Waals surface area contributed by atoms with Crippen LogP contribution >= 0.6 is 0 Å². The zero-order valence-corrected chi connectivity index (χ0v) is 13.1. The van der Waals surface area contributed by atoms with Gasteiger partial charge in [0.15, 0.2) is 5.65 Å². The third-order valence-corrected chi connectivity index (χ3v) is 3.59. The van der Waals surface area contributed by atoms with Crippen LogP contribution in [0.4, 0.5) is 32.2 Å². The molecule has 1 aromatic carbocycles. The first kappa shape index (κ1) is 18.0. The molecule has 0 amide bonds. The molecule has 26 heavy (non-hydrogen) atoms. The van der Waals surface area contributed by atoms with E-state index in [-0.39, 0.29) is 11.5 Å². The largest absolute Gasteiger partial charge is 0.453 e. The Morgan fingerprint density at radius 3 is 2.35 bits per heavy atom. The summed E-state index contributed by atoms with van der Waals surface area (Å²) in [5.41, 5.74) is -0.610. The molecule has 0 saturated carbocycles. The molecule has 1 atom stereocenters. The van der Waals surface area contributed by atoms with E-state index in [2.05, 4.69) is 20.6 Å². The van der Waals surface area contributed by atoms with Gasteiger partial charge in [-0.05, 0) is 36.8 Å². The van der Waals surface area contributed by atoms with Crippen LogP contribution in [0.3, 0.4) is 0 Å². The van der Waals surface area contributed by atoms with Crippen molar-refractivity contribution < 1.29 is 26.3 Å². The predicted molar refractivity (Wildman–Crippen MR) is 79.3 cm³/mol. The Labute approximate surface area is 142 Å². The highest BCUT2D eigenvalue weighted by atomic mass is 19.4. The average Bonchev–Trinajstić information content (AvgIpc) is 2.97. The van der Waals surface area contributed by atoms with E-state index >= 15 is 0 Å². The van der Waals surface area contributed by atoms with Gasteiger partial charge in [-0.25, -0.2) is 0 Å². The molecule has 0 aliphatic heterocycles. The first-order chi connectivity index (χ1) is 12.1. The number of nitrogens with zero attached hydrogens (tertiary/aromatic N) is 4. The molecule has 0 aliphatic rings. The summed E-state index contributed by atoms with van der Waals surface area (Å²) in [6, 6.07) is 6.65. The second-order valence-corrected chi connectivity index (χ2v) is 5.50. The number of hydrogen-bond acceptors (Lipinski definition) is 4. The van der Waals surface area contributed by atoms with Crippen molar-refractivity contribution in [3.8, 4) is 0 Å². The summed E-state index contributed by atoms with van der Waals surface area (Å²) in [5.74, 6) is -1.25. The van der Waals surface area contributed by atoms with E-state index in [9.17, 15) is 26.3 Å². The van der Waals surface area contributed by atoms with E-state index in [1.54, 1.807) is 6.92 Å². The molecule has 138 valence electrons. The zero-order valence-electron chi connectivity index (χ0n) is 13.1. The van der Waals surface area contributed by atoms with Crippen LogP contribution in [0.2, 0.25) is 0 Å². The maximum atomic E-state index is 12.9. The van der Waals surface area contributed by atoms with Crippen molar-refractivity contribution in [2.45, 2.75) is 25.3 Å². The van der Waals surface area contributed by atoms with Crippen molar-refractivity contribution >= 4 is 11.5 Å². The van der Waals surface area contributed by atoms with E-state index in [4.69, 9.17) is 0 Å². The van der Waals surface area contributed by atoms with Gasteiger partial charge in [0.05, 0.1) is 11.6 Å². The van der Waals surface area contributed by atoms with E-state index in [1.165, 1.54) is 24.3 Å². The number of nitrogens with one attached hydrogen (secondary N) is 1. The first-order valence-electron chi connectivity index (χ1n) is 7.29. The van der Waals surface area contributed by atoms with E-state index in [0.29, 0.717) is 10.1 Å². The van der Waals surface area contributed by atoms with Crippen molar-refractivity contribution in [1.29, 1.82) is 0 Å². The molecular weight excluding hydrogens is 364 g/mol. The molecule has 0 bridgehead atoms. The second kappa shape index (κ2) is 6.15. The lowest BCUT2D eigenvalue weighted by atomic mass is 10.0. The molecule has 0 radical (unpaired) electrons. The molecular formula is C15H11F6N5. The highest BCUT2D eigenvalue weighted by Gasteiger charge is 2.37. The number of halogens is 6. The average molecular weight is 375 g/mol. The molecule has 5 nitrogen and oxygen atoms in total. The van der Waals surface area contributed by atoms with Gasteiger partial charge in [-0.1, -0.05) is 12.1 Å². The fourth-order valence-corrected chi connectivity index (χ4v) is 2.33. The minimum atomic E-state index is -4.74. The Morgan fingerprint density at radius 1 is 0.962 bits per heavy atom. The van der Waals surface area contributed by atoms with Gasteiger partial charge in [0.25, 0.3) is 5.82 Å². The van der Waals surface area contributed by atoms with Gasteiger partial charge in [-0.2, -0.15) is 30.9 Å². The molecule has 0 spiro atoms. The number of fused-ring (bicyclic) bond motifs is 1. The van der Waals surface area contributed by atoms with Crippen LogP contribution < -0.4 is 5.32 Å². The van der Waals surface area contributed by atoms with Crippen molar-refractivity contribution in [2.75, 3.05) is 5.32 Å². The molecule has 0 aliphatic carbocycles. The van der Waals surface area contributed by atoms with Crippen LogP contribution in [0.25, 0.3) is 5.65 Å². The third kappa shape index (κ3) is 3.55. The maximum absolute atomic E-state index is 12.9. The van der Waals surface area contributed by atoms with Gasteiger partial charge in [0, 0.05) is 0 Å². The maximum Gasteiger partial charge on any atom is 0.453 e. The summed E-state index contributed by atoms with van der Waals surface area (Å²) in [6.07, 6.45) is -9.23. The Bertz CT molecular complexity index is 930. The van der Waals surface area contributed by atoms with E-state index in [0.717, 1.165) is 12.1 Å². The summed E-state index contributed by atoms with van der Waals surface area (Å²) in [4.78, 5) is 0. The van der Waals surface area contributed by atoms with Gasteiger partial charge in [0.1, 0.15) is 5.82 Å². The fourth-order valence-electron chi connectivity index (χ4n) is 2.33. The summed E-state index contributed by atoms with van der Waals surface area (Å²) < 4.78 is 77.5. The highest BCUT2D eigenvalue weighted by Crippen LogP contribution is 2.31. The van der Waals surface area contributed by atoms with Crippen LogP contribution in [-0.4, -0.2) is 19.8 Å². The van der Waals surface area contributed by atoms with Gasteiger partial charge in [-0.15, -0.1) is 15.3 Å². The number of alkyl halides is 6. The van der Waals surface area contributed by atoms with Gasteiger partial charge < -0.3 is 5.32 Å². The molecule has 0 fully saturated rings. The van der Waals surface area contributed by atoms with Gasteiger partial charge >= 0.3 is 12.4 Å². The fraction of sp³-hybridized carbons (Fsp3) is 0.267. The van der Waals surface area contributed by atoms with E-state index in [1.807, 2.05) is 0 Å². The molecule has 0 saturated heterocycles. The summed E-state index contributed by atoms with van der Waals surface area (Å²) in [6.45, 7) is 1.57. The van der Waals surface area contributed by atoms with Crippen molar-refractivity contribution in [1.82, 2.24) is 19.8 Å². The number of hydrogen-bond donors (Lipinski definition) is 1. The lowest BCUT2D eigenvalue weighted by molar-refractivity contribution is -0.146. The van der Waals surface area contributed by atoms with Crippen LogP contribution in [0, 0.1) is 0 Å². The number of aromatic nitrogens is 4. The summed E-state index contributed by atoms with van der Waals surface area (Å²) in [5, 5.41) is 13.0. The molecule has 1 N–H and O–H groups in total. The molecule has 1 unspecified atom stereocenters. The van der Waals surface area contributed by atoms with Gasteiger partial charge in [0.2, 0.25) is 0 Å². The first-order valence-corrected chi connectivity index (χ1v) is 7.29. The predicted octanol–water partition coefficient (Wildman–Crippen LogP) is 4.34. The summed E-state index contributed by atoms with van der Waals surface area (Å²) >= 11 is 0. The normalized spacial score (nSPS) is 13.8. The summed E-state index contributed by atoms with van der Waals surface area (Å²) in [7, 11) is 0. The SMILES string of the molecule is CC(Nc1ccc2nnc(C(F)(F)F)n2n1)c1cccc(C(F)(F)F)c1. The molecule has 3 rings (SSSR count). The molecule has 2 aromatic heterocycles. The minimum absolute atomic E-state index is 0.0349. The zero-order chi connectivity index (χ0) is 19.1. The Kier molecular flexibility index (Phi) is 4.24. The highest BCUT2D eigenvalue weighted by molar-refractivity contribution is 5.45. The molecule has 11 heteroatoms. The van der Waals surface area contributed by atoms with E-state index < -0.39 is 29.8 Å². The van der Waals surface area contributed by atoms with Crippen LogP contribution in [0.5, 0.6) is 0 Å². The second-order valence-electron chi connectivity index (χ2n) is 5.50. The number of benzene rings is 1. The lowest BCUT2D eigenvalue weighted by Gasteiger charge is -2.17. The Hall–Kier alpha value is -2.85. The number of anilines is 1. The van der Waals surface area contributed by atoms with Crippen molar-refractivity contribution in [3.05, 3.63) is 53.3 Å². The smallest absolute Gasteiger partial charge is 0.362 e. The van der Waals surface area contributed by atoms with Crippen molar-refractivity contribution in [3.63, 3.8) is 0 Å². The van der Waals surface area contributed by atoms with Crippen molar-refractivity contribution in [2.24, 2.45) is 0 Å². The Balaban J connectivity index is 1.89. The van der Waals surface area contributed by atoms with Crippen LogP contribution in [0.1, 0.15) is 29.9 Å². The third-order valence-electron chi connectivity index (χ3n) is 3.59. The molecule has 2 heterocycles. The van der Waals surface area contributed by atoms with Crippen LogP contribution in [-0.2, 0) is 12.4 Å². The topological polar surface area (TPSA) is 55.1 Å². The molecule has 3 aromatic rings. The minimum Gasteiger partial charge on any atom is -0.362 e.